The van der Waals surface area contributed by atoms with Crippen molar-refractivity contribution in [1.82, 2.24) is 0 Å². The Balaban J connectivity index is 2.89. The molecule has 7 nitrogen and oxygen atoms in total. The summed E-state index contributed by atoms with van der Waals surface area (Å²) in [6.45, 7) is 14.3. The Hall–Kier alpha value is -0.513. The second-order valence-corrected chi connectivity index (χ2v) is 13.0. The van der Waals surface area contributed by atoms with Gasteiger partial charge in [-0.1, -0.05) is 20.8 Å². The smallest absolute Gasteiger partial charge is 0.335 e. The number of aliphatic hydroxyl groups excluding tert-OH is 1. The van der Waals surface area contributed by atoms with Gasteiger partial charge in [0.1, 0.15) is 18.3 Å². The first-order valence-electron chi connectivity index (χ1n) is 8.15. The zero-order valence-electron chi connectivity index (χ0n) is 16.0. The number of carboxylic acid groups (broad SMARTS) is 1. The Morgan fingerprint density at radius 1 is 1.29 bits per heavy atom. The van der Waals surface area contributed by atoms with Crippen molar-refractivity contribution in [3.8, 4) is 0 Å². The fourth-order valence-electron chi connectivity index (χ4n) is 2.35. The molecule has 0 saturated carbocycles. The largest absolute Gasteiger partial charge is 0.479 e. The summed E-state index contributed by atoms with van der Waals surface area (Å²) in [5, 5.41) is 19.6. The lowest BCUT2D eigenvalue weighted by atomic mass is 10.0. The van der Waals surface area contributed by atoms with E-state index in [0.717, 1.165) is 0 Å². The predicted octanol–water partition coefficient (Wildman–Crippen LogP) is 1.99. The second-order valence-electron chi connectivity index (χ2n) is 8.20. The van der Waals surface area contributed by atoms with Crippen molar-refractivity contribution in [2.45, 2.75) is 83.0 Å². The molecule has 0 aromatic heterocycles. The molecule has 0 aromatic carbocycles. The molecule has 1 fully saturated rings. The van der Waals surface area contributed by atoms with E-state index >= 15 is 0 Å². The van der Waals surface area contributed by atoms with E-state index in [1.54, 1.807) is 13.8 Å². The first kappa shape index (κ1) is 21.5. The van der Waals surface area contributed by atoms with Crippen molar-refractivity contribution in [3.63, 3.8) is 0 Å². The van der Waals surface area contributed by atoms with Crippen LogP contribution in [0.15, 0.2) is 0 Å². The molecule has 142 valence electrons. The predicted molar refractivity (Wildman–Crippen MR) is 91.4 cm³/mol. The second kappa shape index (κ2) is 7.39. The Kier molecular flexibility index (Phi) is 6.63. The quantitative estimate of drug-likeness (QED) is 0.667. The van der Waals surface area contributed by atoms with Gasteiger partial charge in [0.25, 0.3) is 0 Å². The summed E-state index contributed by atoms with van der Waals surface area (Å²) in [5.41, 5.74) is 0. The standard InChI is InChI=1S/C16H32O7Si/c1-15(2,3)24(7,8)21-9-10-12(23-16(4,5)22-10)11(17)13(20-6)14(18)19/h10-13,17H,9H2,1-8H3,(H,18,19)/t10-,11-,12+,13+/m1/s1. The van der Waals surface area contributed by atoms with Crippen molar-refractivity contribution in [2.24, 2.45) is 0 Å². The summed E-state index contributed by atoms with van der Waals surface area (Å²) >= 11 is 0. The minimum Gasteiger partial charge on any atom is -0.479 e. The Labute approximate surface area is 145 Å². The first-order chi connectivity index (χ1) is 10.7. The van der Waals surface area contributed by atoms with E-state index in [4.69, 9.17) is 18.6 Å². The molecule has 1 heterocycles. The monoisotopic (exact) mass is 364 g/mol. The van der Waals surface area contributed by atoms with Crippen LogP contribution in [0.4, 0.5) is 0 Å². The average Bonchev–Trinajstić information content (AvgIpc) is 2.71. The van der Waals surface area contributed by atoms with Crippen LogP contribution in [-0.4, -0.2) is 68.4 Å². The molecule has 1 saturated heterocycles. The van der Waals surface area contributed by atoms with Crippen LogP contribution in [0.25, 0.3) is 0 Å². The highest BCUT2D eigenvalue weighted by Gasteiger charge is 2.49. The third kappa shape index (κ3) is 5.00. The molecule has 1 aliphatic rings. The van der Waals surface area contributed by atoms with Gasteiger partial charge in [0.2, 0.25) is 0 Å². The number of carbonyl (C=O) groups is 1. The molecule has 0 amide bonds. The Morgan fingerprint density at radius 2 is 1.83 bits per heavy atom. The maximum absolute atomic E-state index is 11.2. The molecule has 0 unspecified atom stereocenters. The van der Waals surface area contributed by atoms with Gasteiger partial charge in [0.05, 0.1) is 6.61 Å². The number of hydrogen-bond donors (Lipinski definition) is 2. The van der Waals surface area contributed by atoms with Gasteiger partial charge >= 0.3 is 5.97 Å². The molecule has 1 rings (SSSR count). The van der Waals surface area contributed by atoms with Crippen LogP contribution in [0.1, 0.15) is 34.6 Å². The van der Waals surface area contributed by atoms with Crippen LogP contribution in [0.3, 0.4) is 0 Å². The number of carboxylic acids is 1. The lowest BCUT2D eigenvalue weighted by Crippen LogP contribution is -2.50. The third-order valence-electron chi connectivity index (χ3n) is 4.78. The third-order valence-corrected chi connectivity index (χ3v) is 9.28. The number of aliphatic hydroxyl groups is 1. The van der Waals surface area contributed by atoms with Crippen molar-refractivity contribution >= 4 is 14.3 Å². The van der Waals surface area contributed by atoms with Crippen LogP contribution in [0, 0.1) is 0 Å². The van der Waals surface area contributed by atoms with Gasteiger partial charge in [-0.2, -0.15) is 0 Å². The Bertz CT molecular complexity index is 444. The number of methoxy groups -OCH3 is 1. The zero-order valence-corrected chi connectivity index (χ0v) is 17.0. The van der Waals surface area contributed by atoms with Gasteiger partial charge < -0.3 is 28.8 Å². The molecular formula is C16H32O7Si. The van der Waals surface area contributed by atoms with Crippen molar-refractivity contribution in [2.75, 3.05) is 13.7 Å². The topological polar surface area (TPSA) is 94.5 Å². The summed E-state index contributed by atoms with van der Waals surface area (Å²) in [7, 11) is -0.765. The van der Waals surface area contributed by atoms with E-state index in [1.807, 2.05) is 0 Å². The number of rotatable bonds is 7. The SMILES string of the molecule is CO[C@H](C(=O)O)[C@H](O)[C@H]1OC(C)(C)O[C@@H]1CO[Si](C)(C)C(C)(C)C. The highest BCUT2D eigenvalue weighted by atomic mass is 28.4. The normalized spacial score (nSPS) is 27.0. The first-order valence-corrected chi connectivity index (χ1v) is 11.1. The van der Waals surface area contributed by atoms with Gasteiger partial charge in [-0.15, -0.1) is 0 Å². The molecule has 0 bridgehead atoms. The van der Waals surface area contributed by atoms with Crippen LogP contribution < -0.4 is 0 Å². The summed E-state index contributed by atoms with van der Waals surface area (Å²) < 4.78 is 22.6. The van der Waals surface area contributed by atoms with Gasteiger partial charge in [-0.3, -0.25) is 0 Å². The molecule has 0 aromatic rings. The fourth-order valence-corrected chi connectivity index (χ4v) is 3.36. The number of ether oxygens (including phenoxy) is 3. The maximum Gasteiger partial charge on any atom is 0.335 e. The Morgan fingerprint density at radius 3 is 2.25 bits per heavy atom. The van der Waals surface area contributed by atoms with Gasteiger partial charge in [0, 0.05) is 7.11 Å². The molecule has 8 heteroatoms. The lowest BCUT2D eigenvalue weighted by molar-refractivity contribution is -0.176. The molecule has 0 aliphatic carbocycles. The van der Waals surface area contributed by atoms with E-state index in [0.29, 0.717) is 0 Å². The number of hydrogen-bond acceptors (Lipinski definition) is 6. The highest BCUT2D eigenvalue weighted by molar-refractivity contribution is 6.74. The molecule has 0 radical (unpaired) electrons. The molecule has 24 heavy (non-hydrogen) atoms. The summed E-state index contributed by atoms with van der Waals surface area (Å²) in [6, 6.07) is 0. The summed E-state index contributed by atoms with van der Waals surface area (Å²) in [6.07, 6.45) is -4.16. The summed E-state index contributed by atoms with van der Waals surface area (Å²) in [5.74, 6) is -2.17. The van der Waals surface area contributed by atoms with Crippen molar-refractivity contribution in [1.29, 1.82) is 0 Å². The van der Waals surface area contributed by atoms with E-state index in [1.165, 1.54) is 7.11 Å². The van der Waals surface area contributed by atoms with Gasteiger partial charge in [-0.05, 0) is 32.0 Å². The molecular weight excluding hydrogens is 332 g/mol. The van der Waals surface area contributed by atoms with Gasteiger partial charge in [0.15, 0.2) is 20.2 Å². The van der Waals surface area contributed by atoms with Crippen LogP contribution in [-0.2, 0) is 23.4 Å². The van der Waals surface area contributed by atoms with Crippen molar-refractivity contribution in [3.05, 3.63) is 0 Å². The van der Waals surface area contributed by atoms with Crippen molar-refractivity contribution < 1.29 is 33.6 Å². The number of aliphatic carboxylic acids is 1. The van der Waals surface area contributed by atoms with E-state index in [9.17, 15) is 15.0 Å². The maximum atomic E-state index is 11.2. The molecule has 2 N–H and O–H groups in total. The minimum absolute atomic E-state index is 0.0339. The molecule has 1 aliphatic heterocycles. The average molecular weight is 365 g/mol. The van der Waals surface area contributed by atoms with Gasteiger partial charge in [-0.25, -0.2) is 4.79 Å². The molecule has 4 atom stereocenters. The zero-order chi connectivity index (χ0) is 18.9. The fraction of sp³-hybridized carbons (Fsp3) is 0.938. The van der Waals surface area contributed by atoms with E-state index in [-0.39, 0.29) is 11.6 Å². The molecule has 0 spiro atoms. The van der Waals surface area contributed by atoms with E-state index in [2.05, 4.69) is 33.9 Å². The highest BCUT2D eigenvalue weighted by Crippen LogP contribution is 2.38. The van der Waals surface area contributed by atoms with E-state index < -0.39 is 44.5 Å². The minimum atomic E-state index is -2.01. The summed E-state index contributed by atoms with van der Waals surface area (Å²) in [4.78, 5) is 11.2. The van der Waals surface area contributed by atoms with Crippen LogP contribution in [0.5, 0.6) is 0 Å². The van der Waals surface area contributed by atoms with Crippen LogP contribution >= 0.6 is 0 Å². The lowest BCUT2D eigenvalue weighted by Gasteiger charge is -2.37. The van der Waals surface area contributed by atoms with Crippen LogP contribution in [0.2, 0.25) is 18.1 Å².